The van der Waals surface area contributed by atoms with Crippen LogP contribution in [0.5, 0.6) is 0 Å². The molecule has 1 atom stereocenters. The first kappa shape index (κ1) is 14.8. The van der Waals surface area contributed by atoms with Crippen molar-refractivity contribution in [2.45, 2.75) is 25.6 Å². The molecule has 2 aromatic rings. The van der Waals surface area contributed by atoms with Crippen molar-refractivity contribution >= 4 is 0 Å². The standard InChI is InChI=1S/C10H12O.C8H10O/c1-2-4-9(5-3-1)6-7-10-8-11-10;1-9-7-8-5-3-2-4-6-8/h1-5,10H,6-8H2;2-6H,7H2,1H3. The first-order chi connectivity index (χ1) is 9.88. The highest BCUT2D eigenvalue weighted by Gasteiger charge is 2.21. The summed E-state index contributed by atoms with van der Waals surface area (Å²) >= 11 is 0. The molecule has 0 saturated carbocycles. The third-order valence-corrected chi connectivity index (χ3v) is 3.15. The molecule has 0 aliphatic carbocycles. The number of ether oxygens (including phenoxy) is 2. The number of epoxide rings is 1. The van der Waals surface area contributed by atoms with Gasteiger partial charge in [0.05, 0.1) is 19.3 Å². The molecule has 0 bridgehead atoms. The number of methoxy groups -OCH3 is 1. The van der Waals surface area contributed by atoms with Crippen molar-refractivity contribution in [3.8, 4) is 0 Å². The minimum atomic E-state index is 0.565. The Kier molecular flexibility index (Phi) is 6.28. The Balaban J connectivity index is 0.000000151. The molecule has 2 aromatic carbocycles. The van der Waals surface area contributed by atoms with Crippen molar-refractivity contribution < 1.29 is 9.47 Å². The van der Waals surface area contributed by atoms with E-state index in [0.29, 0.717) is 12.7 Å². The van der Waals surface area contributed by atoms with Crippen LogP contribution in [-0.4, -0.2) is 19.8 Å². The van der Waals surface area contributed by atoms with Gasteiger partial charge in [0.15, 0.2) is 0 Å². The zero-order valence-electron chi connectivity index (χ0n) is 12.0. The van der Waals surface area contributed by atoms with Crippen LogP contribution in [0, 0.1) is 0 Å². The van der Waals surface area contributed by atoms with Gasteiger partial charge in [0.2, 0.25) is 0 Å². The SMILES string of the molecule is COCc1ccccc1.c1ccc(CCC2CO2)cc1. The van der Waals surface area contributed by atoms with Gasteiger partial charge < -0.3 is 9.47 Å². The first-order valence-corrected chi connectivity index (χ1v) is 7.07. The van der Waals surface area contributed by atoms with E-state index in [2.05, 4.69) is 30.3 Å². The van der Waals surface area contributed by atoms with Crippen molar-refractivity contribution in [3.05, 3.63) is 71.8 Å². The Morgan fingerprint density at radius 2 is 1.50 bits per heavy atom. The fourth-order valence-corrected chi connectivity index (χ4v) is 1.95. The van der Waals surface area contributed by atoms with Crippen LogP contribution in [-0.2, 0) is 22.5 Å². The lowest BCUT2D eigenvalue weighted by Gasteiger charge is -1.96. The highest BCUT2D eigenvalue weighted by atomic mass is 16.6. The summed E-state index contributed by atoms with van der Waals surface area (Å²) in [7, 11) is 1.70. The monoisotopic (exact) mass is 270 g/mol. The molecule has 3 rings (SSSR count). The van der Waals surface area contributed by atoms with Gasteiger partial charge in [-0.1, -0.05) is 60.7 Å². The lowest BCUT2D eigenvalue weighted by atomic mass is 10.1. The van der Waals surface area contributed by atoms with Crippen molar-refractivity contribution in [1.82, 2.24) is 0 Å². The molecule has 1 unspecified atom stereocenters. The third-order valence-electron chi connectivity index (χ3n) is 3.15. The zero-order valence-corrected chi connectivity index (χ0v) is 12.0. The quantitative estimate of drug-likeness (QED) is 0.770. The van der Waals surface area contributed by atoms with Gasteiger partial charge in [-0.15, -0.1) is 0 Å². The smallest absolute Gasteiger partial charge is 0.0813 e. The lowest BCUT2D eigenvalue weighted by molar-refractivity contribution is 0.185. The van der Waals surface area contributed by atoms with Crippen LogP contribution in [0.15, 0.2) is 60.7 Å². The summed E-state index contributed by atoms with van der Waals surface area (Å²) in [5.74, 6) is 0. The summed E-state index contributed by atoms with van der Waals surface area (Å²) in [6, 6.07) is 20.7. The molecule has 1 aliphatic rings. The van der Waals surface area contributed by atoms with Gasteiger partial charge in [0.1, 0.15) is 0 Å². The summed E-state index contributed by atoms with van der Waals surface area (Å²) in [6.07, 6.45) is 2.91. The van der Waals surface area contributed by atoms with Gasteiger partial charge >= 0.3 is 0 Å². The molecule has 1 saturated heterocycles. The van der Waals surface area contributed by atoms with Gasteiger partial charge in [-0.25, -0.2) is 0 Å². The average molecular weight is 270 g/mol. The Bertz CT molecular complexity index is 463. The number of rotatable bonds is 5. The second-order valence-electron chi connectivity index (χ2n) is 4.90. The van der Waals surface area contributed by atoms with Crippen molar-refractivity contribution in [2.24, 2.45) is 0 Å². The van der Waals surface area contributed by atoms with Crippen LogP contribution < -0.4 is 0 Å². The molecule has 20 heavy (non-hydrogen) atoms. The fourth-order valence-electron chi connectivity index (χ4n) is 1.95. The van der Waals surface area contributed by atoms with Crippen molar-refractivity contribution in [3.63, 3.8) is 0 Å². The second-order valence-corrected chi connectivity index (χ2v) is 4.90. The maximum atomic E-state index is 5.13. The number of hydrogen-bond acceptors (Lipinski definition) is 2. The van der Waals surface area contributed by atoms with E-state index >= 15 is 0 Å². The molecular formula is C18H22O2. The highest BCUT2D eigenvalue weighted by molar-refractivity contribution is 5.15. The molecule has 0 aromatic heterocycles. The molecule has 0 amide bonds. The van der Waals surface area contributed by atoms with Gasteiger partial charge in [0, 0.05) is 7.11 Å². The van der Waals surface area contributed by atoms with Crippen LogP contribution in [0.3, 0.4) is 0 Å². The van der Waals surface area contributed by atoms with E-state index in [1.807, 2.05) is 30.3 Å². The molecule has 0 radical (unpaired) electrons. The summed E-state index contributed by atoms with van der Waals surface area (Å²) in [6.45, 7) is 1.69. The minimum Gasteiger partial charge on any atom is -0.380 e. The Hall–Kier alpha value is -1.64. The Morgan fingerprint density at radius 3 is 2.00 bits per heavy atom. The van der Waals surface area contributed by atoms with Crippen molar-refractivity contribution in [2.75, 3.05) is 13.7 Å². The van der Waals surface area contributed by atoms with Gasteiger partial charge in [0.25, 0.3) is 0 Å². The Labute approximate surface area is 121 Å². The summed E-state index contributed by atoms with van der Waals surface area (Å²) in [5.41, 5.74) is 2.64. The maximum Gasteiger partial charge on any atom is 0.0813 e. The highest BCUT2D eigenvalue weighted by Crippen LogP contribution is 2.16. The molecule has 106 valence electrons. The minimum absolute atomic E-state index is 0.565. The largest absolute Gasteiger partial charge is 0.380 e. The first-order valence-electron chi connectivity index (χ1n) is 7.07. The van der Waals surface area contributed by atoms with Gasteiger partial charge in [-0.3, -0.25) is 0 Å². The van der Waals surface area contributed by atoms with E-state index in [9.17, 15) is 0 Å². The molecule has 1 heterocycles. The lowest BCUT2D eigenvalue weighted by Crippen LogP contribution is -1.89. The number of benzene rings is 2. The van der Waals surface area contributed by atoms with Gasteiger partial charge in [-0.2, -0.15) is 0 Å². The van der Waals surface area contributed by atoms with Crippen molar-refractivity contribution in [1.29, 1.82) is 0 Å². The van der Waals surface area contributed by atoms with E-state index in [1.165, 1.54) is 17.5 Å². The molecule has 0 N–H and O–H groups in total. The zero-order chi connectivity index (χ0) is 14.0. The van der Waals surface area contributed by atoms with E-state index in [1.54, 1.807) is 7.11 Å². The van der Waals surface area contributed by atoms with Crippen LogP contribution in [0.25, 0.3) is 0 Å². The maximum absolute atomic E-state index is 5.13. The topological polar surface area (TPSA) is 21.8 Å². The van der Waals surface area contributed by atoms with E-state index < -0.39 is 0 Å². The Morgan fingerprint density at radius 1 is 0.950 bits per heavy atom. The summed E-state index contributed by atoms with van der Waals surface area (Å²) in [4.78, 5) is 0. The van der Waals surface area contributed by atoms with Gasteiger partial charge in [-0.05, 0) is 24.0 Å². The predicted molar refractivity (Wildman–Crippen MR) is 81.7 cm³/mol. The van der Waals surface area contributed by atoms with Crippen LogP contribution in [0.2, 0.25) is 0 Å². The molecular weight excluding hydrogens is 248 g/mol. The predicted octanol–water partition coefficient (Wildman–Crippen LogP) is 3.85. The number of aryl methyl sites for hydroxylation is 1. The van der Waals surface area contributed by atoms with Crippen LogP contribution in [0.4, 0.5) is 0 Å². The average Bonchev–Trinajstić information content (AvgIpc) is 3.33. The van der Waals surface area contributed by atoms with E-state index in [-0.39, 0.29) is 0 Å². The number of hydrogen-bond donors (Lipinski definition) is 0. The molecule has 2 nitrogen and oxygen atoms in total. The summed E-state index contributed by atoms with van der Waals surface area (Å²) in [5, 5.41) is 0. The normalized spacial score (nSPS) is 16.1. The summed E-state index contributed by atoms with van der Waals surface area (Å²) < 4.78 is 10.1. The fraction of sp³-hybridized carbons (Fsp3) is 0.333. The van der Waals surface area contributed by atoms with Crippen LogP contribution >= 0.6 is 0 Å². The van der Waals surface area contributed by atoms with E-state index in [0.717, 1.165) is 13.0 Å². The van der Waals surface area contributed by atoms with Crippen LogP contribution in [0.1, 0.15) is 17.5 Å². The molecule has 1 aliphatic heterocycles. The molecule has 0 spiro atoms. The second kappa shape index (κ2) is 8.51. The molecule has 2 heteroatoms. The van der Waals surface area contributed by atoms with E-state index in [4.69, 9.17) is 9.47 Å². The molecule has 1 fully saturated rings. The third kappa shape index (κ3) is 6.00.